The molecule has 1 aromatic heterocycles. The number of rotatable bonds is 7. The lowest BCUT2D eigenvalue weighted by Gasteiger charge is -2.12. The van der Waals surface area contributed by atoms with Crippen LogP contribution in [0.3, 0.4) is 0 Å². The Bertz CT molecular complexity index is 220. The van der Waals surface area contributed by atoms with Gasteiger partial charge in [-0.05, 0) is 13.5 Å². The van der Waals surface area contributed by atoms with Gasteiger partial charge < -0.3 is 5.32 Å². The van der Waals surface area contributed by atoms with Crippen LogP contribution in [-0.4, -0.2) is 22.5 Å². The van der Waals surface area contributed by atoms with Gasteiger partial charge in [-0.3, -0.25) is 0 Å². The Hall–Kier alpha value is -0.900. The highest BCUT2D eigenvalue weighted by Gasteiger charge is 2.10. The van der Waals surface area contributed by atoms with Crippen LogP contribution in [0.4, 0.5) is 0 Å². The van der Waals surface area contributed by atoms with Crippen molar-refractivity contribution >= 4 is 0 Å². The normalized spacial score (nSPS) is 13.0. The first-order valence-electron chi connectivity index (χ1n) is 5.41. The van der Waals surface area contributed by atoms with E-state index in [1.54, 1.807) is 6.20 Å². The molecule has 4 heteroatoms. The number of unbranched alkanes of at least 4 members (excludes halogenated alkanes) is 3. The SMILES string of the molecule is CCCCCCC(NC)c1cn[nH]n1. The Morgan fingerprint density at radius 3 is 2.86 bits per heavy atom. The molecule has 0 bridgehead atoms. The molecule has 2 N–H and O–H groups in total. The van der Waals surface area contributed by atoms with E-state index in [4.69, 9.17) is 0 Å². The average molecular weight is 196 g/mol. The quantitative estimate of drug-likeness (QED) is 0.656. The van der Waals surface area contributed by atoms with Crippen LogP contribution in [0.2, 0.25) is 0 Å². The number of hydrogen-bond acceptors (Lipinski definition) is 3. The molecule has 0 aliphatic rings. The summed E-state index contributed by atoms with van der Waals surface area (Å²) in [6.07, 6.45) is 8.12. The fourth-order valence-corrected chi connectivity index (χ4v) is 1.59. The maximum Gasteiger partial charge on any atom is 0.0993 e. The van der Waals surface area contributed by atoms with Crippen LogP contribution < -0.4 is 5.32 Å². The number of hydrogen-bond donors (Lipinski definition) is 2. The van der Waals surface area contributed by atoms with Crippen molar-refractivity contribution < 1.29 is 0 Å². The van der Waals surface area contributed by atoms with Gasteiger partial charge in [0.1, 0.15) is 0 Å². The Labute approximate surface area is 85.5 Å². The van der Waals surface area contributed by atoms with Gasteiger partial charge in [-0.25, -0.2) is 0 Å². The summed E-state index contributed by atoms with van der Waals surface area (Å²) in [6, 6.07) is 0.352. The van der Waals surface area contributed by atoms with Crippen molar-refractivity contribution in [3.63, 3.8) is 0 Å². The van der Waals surface area contributed by atoms with Crippen molar-refractivity contribution in [2.24, 2.45) is 0 Å². The van der Waals surface area contributed by atoms with Crippen molar-refractivity contribution in [1.29, 1.82) is 0 Å². The lowest BCUT2D eigenvalue weighted by Crippen LogP contribution is -2.16. The molecule has 4 nitrogen and oxygen atoms in total. The number of aromatic nitrogens is 3. The third kappa shape index (κ3) is 3.46. The predicted octanol–water partition coefficient (Wildman–Crippen LogP) is 2.04. The first-order valence-corrected chi connectivity index (χ1v) is 5.41. The molecule has 1 aromatic rings. The fourth-order valence-electron chi connectivity index (χ4n) is 1.59. The Morgan fingerprint density at radius 2 is 2.29 bits per heavy atom. The lowest BCUT2D eigenvalue weighted by molar-refractivity contribution is 0.495. The maximum absolute atomic E-state index is 4.09. The standard InChI is InChI=1S/C10H20N4/c1-3-4-5-6-7-9(11-2)10-8-12-14-13-10/h8-9,11H,3-7H2,1-2H3,(H,12,13,14). The van der Waals surface area contributed by atoms with E-state index in [0.29, 0.717) is 6.04 Å². The highest BCUT2D eigenvalue weighted by molar-refractivity contribution is 4.98. The summed E-state index contributed by atoms with van der Waals surface area (Å²) in [5, 5.41) is 13.8. The van der Waals surface area contributed by atoms with Gasteiger partial charge in [-0.1, -0.05) is 32.6 Å². The minimum Gasteiger partial charge on any atom is -0.312 e. The summed E-state index contributed by atoms with van der Waals surface area (Å²) in [5.41, 5.74) is 1.02. The predicted molar refractivity (Wildman–Crippen MR) is 56.9 cm³/mol. The molecule has 1 rings (SSSR count). The zero-order valence-corrected chi connectivity index (χ0v) is 9.08. The second-order valence-corrected chi connectivity index (χ2v) is 3.59. The molecule has 0 spiro atoms. The zero-order chi connectivity index (χ0) is 10.2. The van der Waals surface area contributed by atoms with E-state index in [1.165, 1.54) is 25.7 Å². The van der Waals surface area contributed by atoms with E-state index in [0.717, 1.165) is 12.1 Å². The van der Waals surface area contributed by atoms with E-state index in [9.17, 15) is 0 Å². The van der Waals surface area contributed by atoms with Crippen molar-refractivity contribution in [1.82, 2.24) is 20.7 Å². The van der Waals surface area contributed by atoms with Gasteiger partial charge >= 0.3 is 0 Å². The number of aromatic amines is 1. The first kappa shape index (κ1) is 11.2. The third-order valence-corrected chi connectivity index (χ3v) is 2.49. The summed E-state index contributed by atoms with van der Waals surface area (Å²) < 4.78 is 0. The fraction of sp³-hybridized carbons (Fsp3) is 0.800. The minimum absolute atomic E-state index is 0.352. The average Bonchev–Trinajstić information content (AvgIpc) is 2.71. The third-order valence-electron chi connectivity index (χ3n) is 2.49. The number of H-pyrrole nitrogens is 1. The van der Waals surface area contributed by atoms with Crippen LogP contribution in [0.25, 0.3) is 0 Å². The molecular formula is C10H20N4. The summed E-state index contributed by atoms with van der Waals surface area (Å²) in [6.45, 7) is 2.23. The monoisotopic (exact) mass is 196 g/mol. The molecular weight excluding hydrogens is 176 g/mol. The molecule has 80 valence electrons. The van der Waals surface area contributed by atoms with E-state index in [2.05, 4.69) is 27.7 Å². The van der Waals surface area contributed by atoms with Crippen LogP contribution in [0, 0.1) is 0 Å². The van der Waals surface area contributed by atoms with Crippen LogP contribution in [0.5, 0.6) is 0 Å². The molecule has 1 atom stereocenters. The molecule has 0 aliphatic carbocycles. The van der Waals surface area contributed by atoms with Crippen molar-refractivity contribution in [2.75, 3.05) is 7.05 Å². The molecule has 1 heterocycles. The largest absolute Gasteiger partial charge is 0.312 e. The van der Waals surface area contributed by atoms with Gasteiger partial charge in [0.2, 0.25) is 0 Å². The van der Waals surface area contributed by atoms with Gasteiger partial charge in [0.05, 0.1) is 17.9 Å². The number of nitrogens with zero attached hydrogens (tertiary/aromatic N) is 2. The van der Waals surface area contributed by atoms with Crippen molar-refractivity contribution in [2.45, 2.75) is 45.1 Å². The lowest BCUT2D eigenvalue weighted by atomic mass is 10.1. The molecule has 0 amide bonds. The van der Waals surface area contributed by atoms with Crippen LogP contribution >= 0.6 is 0 Å². The van der Waals surface area contributed by atoms with Gasteiger partial charge in [0.25, 0.3) is 0 Å². The van der Waals surface area contributed by atoms with Crippen molar-refractivity contribution in [3.05, 3.63) is 11.9 Å². The molecule has 0 aliphatic heterocycles. The van der Waals surface area contributed by atoms with Gasteiger partial charge in [0.15, 0.2) is 0 Å². The summed E-state index contributed by atoms with van der Waals surface area (Å²) in [5.74, 6) is 0. The van der Waals surface area contributed by atoms with Gasteiger partial charge in [-0.2, -0.15) is 15.4 Å². The second-order valence-electron chi connectivity index (χ2n) is 3.59. The summed E-state index contributed by atoms with van der Waals surface area (Å²) in [4.78, 5) is 0. The van der Waals surface area contributed by atoms with E-state index >= 15 is 0 Å². The summed E-state index contributed by atoms with van der Waals surface area (Å²) in [7, 11) is 1.97. The van der Waals surface area contributed by atoms with E-state index in [-0.39, 0.29) is 0 Å². The molecule has 1 unspecified atom stereocenters. The van der Waals surface area contributed by atoms with E-state index < -0.39 is 0 Å². The summed E-state index contributed by atoms with van der Waals surface area (Å²) >= 11 is 0. The Kier molecular flexibility index (Phi) is 5.22. The second kappa shape index (κ2) is 6.54. The molecule has 14 heavy (non-hydrogen) atoms. The van der Waals surface area contributed by atoms with Crippen LogP contribution in [0.15, 0.2) is 6.20 Å². The first-order chi connectivity index (χ1) is 6.88. The number of nitrogens with one attached hydrogen (secondary N) is 2. The Morgan fingerprint density at radius 1 is 1.43 bits per heavy atom. The maximum atomic E-state index is 4.09. The zero-order valence-electron chi connectivity index (χ0n) is 9.08. The van der Waals surface area contributed by atoms with Gasteiger partial charge in [0, 0.05) is 0 Å². The minimum atomic E-state index is 0.352. The highest BCUT2D eigenvalue weighted by Crippen LogP contribution is 2.16. The smallest absolute Gasteiger partial charge is 0.0993 e. The molecule has 0 aromatic carbocycles. The molecule has 0 fully saturated rings. The molecule has 0 saturated heterocycles. The highest BCUT2D eigenvalue weighted by atomic mass is 15.3. The molecule has 0 saturated carbocycles. The topological polar surface area (TPSA) is 53.6 Å². The van der Waals surface area contributed by atoms with E-state index in [1.807, 2.05) is 7.05 Å². The van der Waals surface area contributed by atoms with Crippen LogP contribution in [-0.2, 0) is 0 Å². The Balaban J connectivity index is 2.26. The van der Waals surface area contributed by atoms with Crippen molar-refractivity contribution in [3.8, 4) is 0 Å². The van der Waals surface area contributed by atoms with Gasteiger partial charge in [-0.15, -0.1) is 0 Å². The molecule has 0 radical (unpaired) electrons. The van der Waals surface area contributed by atoms with Crippen LogP contribution in [0.1, 0.15) is 50.8 Å².